The van der Waals surface area contributed by atoms with Crippen LogP contribution in [0.5, 0.6) is 0 Å². The van der Waals surface area contributed by atoms with Crippen LogP contribution >= 0.6 is 0 Å². The van der Waals surface area contributed by atoms with Crippen LogP contribution in [0.15, 0.2) is 18.3 Å². The fraction of sp³-hybridized carbons (Fsp3) is 0.625. The van der Waals surface area contributed by atoms with E-state index in [0.29, 0.717) is 11.6 Å². The largest absolute Gasteiger partial charge is 0.383 e. The number of piperidine rings is 1. The Labute approximate surface area is 126 Å². The van der Waals surface area contributed by atoms with E-state index in [1.807, 2.05) is 12.1 Å². The zero-order valence-electron chi connectivity index (χ0n) is 12.7. The van der Waals surface area contributed by atoms with E-state index in [9.17, 15) is 0 Å². The number of ether oxygens (including phenoxy) is 1. The molecule has 0 bridgehead atoms. The number of pyridine rings is 1. The van der Waals surface area contributed by atoms with Crippen molar-refractivity contribution in [3.05, 3.63) is 29.6 Å². The Hall–Kier alpha value is -1.48. The van der Waals surface area contributed by atoms with Crippen LogP contribution in [0.1, 0.15) is 24.1 Å². The molecule has 0 spiro atoms. The average Bonchev–Trinajstić information content (AvgIpc) is 2.52. The molecular weight excluding hydrogens is 264 g/mol. The van der Waals surface area contributed by atoms with Crippen molar-refractivity contribution in [2.75, 3.05) is 39.9 Å². The molecule has 1 unspecified atom stereocenters. The molecule has 114 valence electrons. The first-order valence-electron chi connectivity index (χ1n) is 7.59. The Morgan fingerprint density at radius 3 is 3.29 bits per heavy atom. The Morgan fingerprint density at radius 1 is 1.57 bits per heavy atom. The molecule has 1 aliphatic rings. The van der Waals surface area contributed by atoms with Gasteiger partial charge in [-0.25, -0.2) is 4.98 Å². The Kier molecular flexibility index (Phi) is 6.61. The van der Waals surface area contributed by atoms with Crippen molar-refractivity contribution < 1.29 is 4.74 Å². The second kappa shape index (κ2) is 8.73. The fourth-order valence-electron chi connectivity index (χ4n) is 2.83. The van der Waals surface area contributed by atoms with Gasteiger partial charge < -0.3 is 10.1 Å². The van der Waals surface area contributed by atoms with Gasteiger partial charge in [-0.15, -0.1) is 0 Å². The SMILES string of the molecule is COCCNCC1CCCN(Cc2ccnc(C#N)c2)C1. The van der Waals surface area contributed by atoms with Crippen molar-refractivity contribution >= 4 is 0 Å². The van der Waals surface area contributed by atoms with Gasteiger partial charge in [0.05, 0.1) is 6.61 Å². The van der Waals surface area contributed by atoms with Gasteiger partial charge in [0.1, 0.15) is 11.8 Å². The van der Waals surface area contributed by atoms with Gasteiger partial charge in [0.25, 0.3) is 0 Å². The highest BCUT2D eigenvalue weighted by atomic mass is 16.5. The molecule has 0 amide bonds. The number of rotatable bonds is 7. The van der Waals surface area contributed by atoms with E-state index in [-0.39, 0.29) is 0 Å². The molecule has 1 atom stereocenters. The number of nitriles is 1. The lowest BCUT2D eigenvalue weighted by atomic mass is 9.97. The van der Waals surface area contributed by atoms with Gasteiger partial charge >= 0.3 is 0 Å². The molecule has 5 nitrogen and oxygen atoms in total. The third-order valence-electron chi connectivity index (χ3n) is 3.86. The van der Waals surface area contributed by atoms with Crippen molar-refractivity contribution in [1.82, 2.24) is 15.2 Å². The van der Waals surface area contributed by atoms with Gasteiger partial charge in [0.2, 0.25) is 0 Å². The summed E-state index contributed by atoms with van der Waals surface area (Å²) >= 11 is 0. The smallest absolute Gasteiger partial charge is 0.140 e. The van der Waals surface area contributed by atoms with Gasteiger partial charge in [-0.3, -0.25) is 4.90 Å². The quantitative estimate of drug-likeness (QED) is 0.769. The number of hydrogen-bond acceptors (Lipinski definition) is 5. The second-order valence-corrected chi connectivity index (χ2v) is 5.60. The van der Waals surface area contributed by atoms with Crippen LogP contribution in [-0.4, -0.2) is 49.8 Å². The maximum atomic E-state index is 8.91. The molecule has 1 aromatic rings. The van der Waals surface area contributed by atoms with Crippen LogP contribution < -0.4 is 5.32 Å². The van der Waals surface area contributed by atoms with Gasteiger partial charge in [0, 0.05) is 32.9 Å². The number of aromatic nitrogens is 1. The molecule has 21 heavy (non-hydrogen) atoms. The fourth-order valence-corrected chi connectivity index (χ4v) is 2.83. The summed E-state index contributed by atoms with van der Waals surface area (Å²) in [4.78, 5) is 6.50. The van der Waals surface area contributed by atoms with Crippen LogP contribution in [0.4, 0.5) is 0 Å². The first-order valence-corrected chi connectivity index (χ1v) is 7.59. The summed E-state index contributed by atoms with van der Waals surface area (Å²) < 4.78 is 5.05. The molecule has 1 saturated heterocycles. The first kappa shape index (κ1) is 15.9. The van der Waals surface area contributed by atoms with E-state index in [0.717, 1.165) is 39.3 Å². The first-order chi connectivity index (χ1) is 10.3. The van der Waals surface area contributed by atoms with Crippen LogP contribution in [0.25, 0.3) is 0 Å². The minimum atomic E-state index is 0.502. The highest BCUT2D eigenvalue weighted by Crippen LogP contribution is 2.18. The lowest BCUT2D eigenvalue weighted by Crippen LogP contribution is -2.39. The third-order valence-corrected chi connectivity index (χ3v) is 3.86. The monoisotopic (exact) mass is 288 g/mol. The summed E-state index contributed by atoms with van der Waals surface area (Å²) in [7, 11) is 1.73. The number of methoxy groups -OCH3 is 1. The topological polar surface area (TPSA) is 61.2 Å². The zero-order valence-corrected chi connectivity index (χ0v) is 12.7. The predicted molar refractivity (Wildman–Crippen MR) is 81.7 cm³/mol. The van der Waals surface area contributed by atoms with Gasteiger partial charge in [-0.1, -0.05) is 0 Å². The van der Waals surface area contributed by atoms with E-state index < -0.39 is 0 Å². The lowest BCUT2D eigenvalue weighted by Gasteiger charge is -2.33. The molecule has 0 aliphatic carbocycles. The third kappa shape index (κ3) is 5.43. The molecule has 2 rings (SSSR count). The Morgan fingerprint density at radius 2 is 2.48 bits per heavy atom. The minimum Gasteiger partial charge on any atom is -0.383 e. The van der Waals surface area contributed by atoms with Gasteiger partial charge in [-0.05, 0) is 49.5 Å². The number of nitrogens with zero attached hydrogens (tertiary/aromatic N) is 3. The molecule has 1 fully saturated rings. The summed E-state index contributed by atoms with van der Waals surface area (Å²) in [6.45, 7) is 5.90. The van der Waals surface area contributed by atoms with Crippen LogP contribution in [0.2, 0.25) is 0 Å². The Bertz CT molecular complexity index is 472. The lowest BCUT2D eigenvalue weighted by molar-refractivity contribution is 0.159. The molecule has 5 heteroatoms. The summed E-state index contributed by atoms with van der Waals surface area (Å²) in [5, 5.41) is 12.4. The zero-order chi connectivity index (χ0) is 14.9. The summed E-state index contributed by atoms with van der Waals surface area (Å²) in [6.07, 6.45) is 4.25. The van der Waals surface area contributed by atoms with Gasteiger partial charge in [-0.2, -0.15) is 5.26 Å². The molecule has 2 heterocycles. The maximum Gasteiger partial charge on any atom is 0.140 e. The molecule has 1 aromatic heterocycles. The van der Waals surface area contributed by atoms with Crippen LogP contribution in [0, 0.1) is 17.2 Å². The van der Waals surface area contributed by atoms with E-state index >= 15 is 0 Å². The summed E-state index contributed by atoms with van der Waals surface area (Å²) in [5.74, 6) is 0.702. The molecule has 0 aromatic carbocycles. The van der Waals surface area contributed by atoms with Crippen molar-refractivity contribution in [1.29, 1.82) is 5.26 Å². The highest BCUT2D eigenvalue weighted by molar-refractivity contribution is 5.25. The maximum absolute atomic E-state index is 8.91. The summed E-state index contributed by atoms with van der Waals surface area (Å²) in [5.41, 5.74) is 1.68. The standard InChI is InChI=1S/C16H24N4O/c1-21-8-6-18-11-15-3-2-7-20(13-15)12-14-4-5-19-16(9-14)10-17/h4-5,9,15,18H,2-3,6-8,11-13H2,1H3. The molecule has 1 N–H and O–H groups in total. The van der Waals surface area contributed by atoms with Crippen molar-refractivity contribution in [3.8, 4) is 6.07 Å². The number of hydrogen-bond donors (Lipinski definition) is 1. The average molecular weight is 288 g/mol. The molecule has 0 saturated carbocycles. The Balaban J connectivity index is 1.79. The highest BCUT2D eigenvalue weighted by Gasteiger charge is 2.19. The molecule has 0 radical (unpaired) electrons. The van der Waals surface area contributed by atoms with E-state index in [2.05, 4.69) is 21.3 Å². The van der Waals surface area contributed by atoms with Crippen LogP contribution in [0.3, 0.4) is 0 Å². The number of nitrogens with one attached hydrogen (secondary N) is 1. The minimum absolute atomic E-state index is 0.502. The van der Waals surface area contributed by atoms with E-state index in [1.165, 1.54) is 18.4 Å². The normalized spacial score (nSPS) is 19.3. The van der Waals surface area contributed by atoms with Crippen molar-refractivity contribution in [2.24, 2.45) is 5.92 Å². The van der Waals surface area contributed by atoms with Crippen LogP contribution in [-0.2, 0) is 11.3 Å². The van der Waals surface area contributed by atoms with E-state index in [1.54, 1.807) is 13.3 Å². The molecule has 1 aliphatic heterocycles. The van der Waals surface area contributed by atoms with E-state index in [4.69, 9.17) is 10.00 Å². The summed E-state index contributed by atoms with van der Waals surface area (Å²) in [6, 6.07) is 5.99. The van der Waals surface area contributed by atoms with Crippen molar-refractivity contribution in [3.63, 3.8) is 0 Å². The number of likely N-dealkylation sites (tertiary alicyclic amines) is 1. The second-order valence-electron chi connectivity index (χ2n) is 5.60. The molecular formula is C16H24N4O. The van der Waals surface area contributed by atoms with Crippen molar-refractivity contribution in [2.45, 2.75) is 19.4 Å². The predicted octanol–water partition coefficient (Wildman–Crippen LogP) is 1.40. The van der Waals surface area contributed by atoms with Gasteiger partial charge in [0.15, 0.2) is 0 Å².